The van der Waals surface area contributed by atoms with Gasteiger partial charge in [0.15, 0.2) is 0 Å². The fraction of sp³-hybridized carbons (Fsp3) is 0.273. The average molecular weight is 204 g/mol. The zero-order valence-corrected chi connectivity index (χ0v) is 8.92. The van der Waals surface area contributed by atoms with Crippen molar-refractivity contribution < 1.29 is 4.74 Å². The lowest BCUT2D eigenvalue weighted by molar-refractivity contribution is 0.418. The Hall–Kier alpha value is -1.84. The number of benzene rings is 1. The molecule has 0 radical (unpaired) electrons. The van der Waals surface area contributed by atoms with Gasteiger partial charge in [0.1, 0.15) is 17.0 Å². The molecule has 2 rings (SSSR count). The van der Waals surface area contributed by atoms with Gasteiger partial charge in [-0.3, -0.25) is 4.79 Å². The first-order chi connectivity index (χ1) is 7.11. The third kappa shape index (κ3) is 1.58. The summed E-state index contributed by atoms with van der Waals surface area (Å²) in [4.78, 5) is 18.4. The Balaban J connectivity index is 2.91. The number of rotatable bonds is 1. The zero-order valence-electron chi connectivity index (χ0n) is 8.92. The van der Waals surface area contributed by atoms with E-state index in [-0.39, 0.29) is 5.56 Å². The van der Waals surface area contributed by atoms with Crippen LogP contribution in [0.4, 0.5) is 0 Å². The average Bonchev–Trinajstić information content (AvgIpc) is 2.19. The molecule has 0 atom stereocenters. The highest BCUT2D eigenvalue weighted by Crippen LogP contribution is 2.22. The summed E-state index contributed by atoms with van der Waals surface area (Å²) in [5.41, 5.74) is 2.75. The highest BCUT2D eigenvalue weighted by Gasteiger charge is 2.06. The van der Waals surface area contributed by atoms with E-state index in [4.69, 9.17) is 4.74 Å². The van der Waals surface area contributed by atoms with E-state index < -0.39 is 0 Å². The van der Waals surface area contributed by atoms with Gasteiger partial charge in [0.2, 0.25) is 0 Å². The van der Waals surface area contributed by atoms with E-state index in [1.807, 2.05) is 19.1 Å². The van der Waals surface area contributed by atoms with Crippen LogP contribution in [0.2, 0.25) is 0 Å². The molecule has 1 aromatic carbocycles. The first-order valence-electron chi connectivity index (χ1n) is 4.67. The minimum absolute atomic E-state index is 0.176. The van der Waals surface area contributed by atoms with E-state index in [9.17, 15) is 4.79 Å². The van der Waals surface area contributed by atoms with Crippen molar-refractivity contribution >= 4 is 11.0 Å². The van der Waals surface area contributed by atoms with Crippen molar-refractivity contribution in [2.75, 3.05) is 7.11 Å². The van der Waals surface area contributed by atoms with Gasteiger partial charge in [0.25, 0.3) is 5.56 Å². The zero-order chi connectivity index (χ0) is 11.0. The van der Waals surface area contributed by atoms with E-state index in [0.717, 1.165) is 11.1 Å². The molecule has 0 amide bonds. The van der Waals surface area contributed by atoms with Crippen LogP contribution >= 0.6 is 0 Å². The number of aromatic amines is 1. The number of hydrogen-bond donors (Lipinski definition) is 1. The van der Waals surface area contributed by atoms with Crippen molar-refractivity contribution in [3.05, 3.63) is 33.7 Å². The highest BCUT2D eigenvalue weighted by molar-refractivity contribution is 5.81. The van der Waals surface area contributed by atoms with Gasteiger partial charge >= 0.3 is 0 Å². The van der Waals surface area contributed by atoms with Crippen LogP contribution in [0.1, 0.15) is 11.3 Å². The van der Waals surface area contributed by atoms with Crippen LogP contribution in [0.25, 0.3) is 11.0 Å². The fourth-order valence-corrected chi connectivity index (χ4v) is 1.54. The van der Waals surface area contributed by atoms with Gasteiger partial charge in [-0.1, -0.05) is 0 Å². The molecule has 4 nitrogen and oxygen atoms in total. The molecule has 1 heterocycles. The normalized spacial score (nSPS) is 10.6. The standard InChI is InChI=1S/C11H12N2O2/c1-6-4-8-10(9(5-6)15-3)13-11(14)7(2)12-8/h4-5H,1-3H3,(H,13,14). The van der Waals surface area contributed by atoms with Gasteiger partial charge in [0, 0.05) is 0 Å². The highest BCUT2D eigenvalue weighted by atomic mass is 16.5. The maximum atomic E-state index is 11.4. The molecule has 15 heavy (non-hydrogen) atoms. The quantitative estimate of drug-likeness (QED) is 0.766. The van der Waals surface area contributed by atoms with Gasteiger partial charge in [-0.15, -0.1) is 0 Å². The van der Waals surface area contributed by atoms with Crippen molar-refractivity contribution in [2.24, 2.45) is 0 Å². The molecular formula is C11H12N2O2. The number of ether oxygens (including phenoxy) is 1. The molecule has 0 aliphatic rings. The van der Waals surface area contributed by atoms with Crippen molar-refractivity contribution in [2.45, 2.75) is 13.8 Å². The number of aromatic nitrogens is 2. The smallest absolute Gasteiger partial charge is 0.269 e. The Morgan fingerprint density at radius 3 is 2.73 bits per heavy atom. The first-order valence-corrected chi connectivity index (χ1v) is 4.67. The molecule has 2 aromatic rings. The summed E-state index contributed by atoms with van der Waals surface area (Å²) >= 11 is 0. The second-order valence-corrected chi connectivity index (χ2v) is 3.51. The Morgan fingerprint density at radius 2 is 2.07 bits per heavy atom. The number of nitrogens with zero attached hydrogens (tertiary/aromatic N) is 1. The second-order valence-electron chi connectivity index (χ2n) is 3.51. The number of nitrogens with one attached hydrogen (secondary N) is 1. The van der Waals surface area contributed by atoms with Gasteiger partial charge in [-0.2, -0.15) is 0 Å². The third-order valence-electron chi connectivity index (χ3n) is 2.30. The van der Waals surface area contributed by atoms with Crippen LogP contribution in [-0.2, 0) is 0 Å². The van der Waals surface area contributed by atoms with Crippen LogP contribution in [0.3, 0.4) is 0 Å². The molecule has 0 fully saturated rings. The van der Waals surface area contributed by atoms with Crippen molar-refractivity contribution in [3.8, 4) is 5.75 Å². The summed E-state index contributed by atoms with van der Waals surface area (Å²) in [6.45, 7) is 3.65. The van der Waals surface area contributed by atoms with Crippen LogP contribution in [0.15, 0.2) is 16.9 Å². The summed E-state index contributed by atoms with van der Waals surface area (Å²) in [5.74, 6) is 0.648. The lowest BCUT2D eigenvalue weighted by atomic mass is 10.2. The number of H-pyrrole nitrogens is 1. The van der Waals surface area contributed by atoms with Crippen molar-refractivity contribution in [1.29, 1.82) is 0 Å². The number of methoxy groups -OCH3 is 1. The molecule has 1 N–H and O–H groups in total. The molecule has 0 aliphatic heterocycles. The SMILES string of the molecule is COc1cc(C)cc2nc(C)c(=O)[nH]c12. The van der Waals surface area contributed by atoms with Crippen LogP contribution < -0.4 is 10.3 Å². The van der Waals surface area contributed by atoms with Gasteiger partial charge in [0.05, 0.1) is 12.6 Å². The Bertz CT molecular complexity index is 573. The van der Waals surface area contributed by atoms with E-state index in [1.165, 1.54) is 0 Å². The van der Waals surface area contributed by atoms with Gasteiger partial charge in [-0.05, 0) is 31.5 Å². The lowest BCUT2D eigenvalue weighted by Gasteiger charge is -2.06. The third-order valence-corrected chi connectivity index (χ3v) is 2.30. The van der Waals surface area contributed by atoms with Gasteiger partial charge in [-0.25, -0.2) is 4.98 Å². The maximum absolute atomic E-state index is 11.4. The molecule has 0 bridgehead atoms. The second kappa shape index (κ2) is 3.38. The molecule has 78 valence electrons. The van der Waals surface area contributed by atoms with Crippen LogP contribution in [0.5, 0.6) is 5.75 Å². The maximum Gasteiger partial charge on any atom is 0.269 e. The van der Waals surface area contributed by atoms with Gasteiger partial charge < -0.3 is 9.72 Å². The summed E-state index contributed by atoms with van der Waals surface area (Å²) in [5, 5.41) is 0. The predicted molar refractivity (Wildman–Crippen MR) is 58.4 cm³/mol. The molecule has 0 saturated heterocycles. The Labute approximate surface area is 86.9 Å². The van der Waals surface area contributed by atoms with E-state index >= 15 is 0 Å². The van der Waals surface area contributed by atoms with E-state index in [0.29, 0.717) is 17.0 Å². The predicted octanol–water partition coefficient (Wildman–Crippen LogP) is 1.55. The Kier molecular flexibility index (Phi) is 2.19. The van der Waals surface area contributed by atoms with E-state index in [2.05, 4.69) is 9.97 Å². The minimum atomic E-state index is -0.176. The monoisotopic (exact) mass is 204 g/mol. The minimum Gasteiger partial charge on any atom is -0.494 e. The lowest BCUT2D eigenvalue weighted by Crippen LogP contribution is -2.12. The molecular weight excluding hydrogens is 192 g/mol. The summed E-state index contributed by atoms with van der Waals surface area (Å²) in [7, 11) is 1.58. The number of fused-ring (bicyclic) bond motifs is 1. The van der Waals surface area contributed by atoms with E-state index in [1.54, 1.807) is 14.0 Å². The number of hydrogen-bond acceptors (Lipinski definition) is 3. The number of aryl methyl sites for hydroxylation is 2. The fourth-order valence-electron chi connectivity index (χ4n) is 1.54. The molecule has 0 saturated carbocycles. The summed E-state index contributed by atoms with van der Waals surface area (Å²) in [6.07, 6.45) is 0. The Morgan fingerprint density at radius 1 is 1.33 bits per heavy atom. The van der Waals surface area contributed by atoms with Crippen molar-refractivity contribution in [1.82, 2.24) is 9.97 Å². The first kappa shape index (κ1) is 9.71. The molecule has 1 aromatic heterocycles. The molecule has 4 heteroatoms. The largest absolute Gasteiger partial charge is 0.494 e. The molecule has 0 aliphatic carbocycles. The molecule has 0 spiro atoms. The van der Waals surface area contributed by atoms with Crippen molar-refractivity contribution in [3.63, 3.8) is 0 Å². The molecule has 0 unspecified atom stereocenters. The summed E-state index contributed by atoms with van der Waals surface area (Å²) in [6, 6.07) is 3.79. The topological polar surface area (TPSA) is 55.0 Å². The van der Waals surface area contributed by atoms with Crippen LogP contribution in [-0.4, -0.2) is 17.1 Å². The van der Waals surface area contributed by atoms with Crippen LogP contribution in [0, 0.1) is 13.8 Å². The summed E-state index contributed by atoms with van der Waals surface area (Å²) < 4.78 is 5.19.